The lowest BCUT2D eigenvalue weighted by Gasteiger charge is -2.08. The first kappa shape index (κ1) is 22.7. The van der Waals surface area contributed by atoms with Gasteiger partial charge in [-0.25, -0.2) is 9.67 Å². The van der Waals surface area contributed by atoms with Gasteiger partial charge in [0.2, 0.25) is 0 Å². The van der Waals surface area contributed by atoms with Crippen LogP contribution in [0.15, 0.2) is 88.8 Å². The number of aromatic nitrogens is 2. The van der Waals surface area contributed by atoms with E-state index in [1.165, 1.54) is 11.9 Å². The summed E-state index contributed by atoms with van der Waals surface area (Å²) in [5.74, 6) is 0.261. The lowest BCUT2D eigenvalue weighted by Crippen LogP contribution is -2.25. The van der Waals surface area contributed by atoms with Crippen LogP contribution in [0.3, 0.4) is 0 Å². The van der Waals surface area contributed by atoms with Gasteiger partial charge in [-0.15, -0.1) is 0 Å². The third kappa shape index (κ3) is 5.88. The molecule has 33 heavy (non-hydrogen) atoms. The summed E-state index contributed by atoms with van der Waals surface area (Å²) in [7, 11) is 0. The highest BCUT2D eigenvalue weighted by atomic mass is 35.5. The first-order valence-corrected chi connectivity index (χ1v) is 11.4. The van der Waals surface area contributed by atoms with E-state index in [1.807, 2.05) is 71.4 Å². The minimum atomic E-state index is 0.261. The standard InChI is InChI=1S/C24H18Cl2N6S/c25-18-6-4-17(5-7-18)23-13-20(30-32(23)21-10-8-19(26)9-11-21)15-29-24(28)31-33-22-3-1-2-16(12-22)14-27/h1-13H,15H2,(H3,28,29,31). The molecule has 0 saturated carbocycles. The highest BCUT2D eigenvalue weighted by Gasteiger charge is 2.12. The van der Waals surface area contributed by atoms with Crippen molar-refractivity contribution in [3.05, 3.63) is 100 Å². The summed E-state index contributed by atoms with van der Waals surface area (Å²) < 4.78 is 4.83. The number of hydrogen-bond acceptors (Lipinski definition) is 4. The van der Waals surface area contributed by atoms with Crippen LogP contribution in [-0.2, 0) is 6.54 Å². The Labute approximate surface area is 205 Å². The largest absolute Gasteiger partial charge is 0.369 e. The van der Waals surface area contributed by atoms with Gasteiger partial charge < -0.3 is 5.73 Å². The molecular weight excluding hydrogens is 475 g/mol. The van der Waals surface area contributed by atoms with Crippen LogP contribution in [0.5, 0.6) is 0 Å². The molecule has 6 nitrogen and oxygen atoms in total. The second kappa shape index (κ2) is 10.5. The van der Waals surface area contributed by atoms with Crippen LogP contribution in [0.1, 0.15) is 11.3 Å². The third-order valence-electron chi connectivity index (χ3n) is 4.62. The average Bonchev–Trinajstić information content (AvgIpc) is 3.27. The fourth-order valence-corrected chi connectivity index (χ4v) is 3.92. The third-order valence-corrected chi connectivity index (χ3v) is 5.92. The van der Waals surface area contributed by atoms with Gasteiger partial charge in [-0.05, 0) is 72.6 Å². The number of nitrogens with two attached hydrogens (primary N) is 1. The lowest BCUT2D eigenvalue weighted by molar-refractivity contribution is 0.837. The van der Waals surface area contributed by atoms with E-state index in [4.69, 9.17) is 39.3 Å². The molecule has 0 saturated heterocycles. The molecule has 1 aromatic heterocycles. The smallest absolute Gasteiger partial charge is 0.199 e. The molecule has 1 heterocycles. The highest BCUT2D eigenvalue weighted by Crippen LogP contribution is 2.26. The van der Waals surface area contributed by atoms with Gasteiger partial charge in [-0.2, -0.15) is 10.4 Å². The molecule has 0 unspecified atom stereocenters. The highest BCUT2D eigenvalue weighted by molar-refractivity contribution is 7.98. The van der Waals surface area contributed by atoms with Crippen molar-refractivity contribution in [2.24, 2.45) is 10.7 Å². The zero-order chi connectivity index (χ0) is 23.2. The number of guanidine groups is 1. The Morgan fingerprint density at radius 2 is 1.73 bits per heavy atom. The number of nitrogens with one attached hydrogen (secondary N) is 1. The molecule has 0 fully saturated rings. The number of hydrogen-bond donors (Lipinski definition) is 2. The molecule has 0 bridgehead atoms. The molecule has 3 aromatic carbocycles. The van der Waals surface area contributed by atoms with Crippen LogP contribution >= 0.6 is 35.1 Å². The summed E-state index contributed by atoms with van der Waals surface area (Å²) in [6.45, 7) is 0.290. The van der Waals surface area contributed by atoms with Crippen molar-refractivity contribution < 1.29 is 0 Å². The van der Waals surface area contributed by atoms with E-state index in [-0.39, 0.29) is 5.96 Å². The second-order valence-corrected chi connectivity index (χ2v) is 8.71. The first-order valence-electron chi connectivity index (χ1n) is 9.85. The summed E-state index contributed by atoms with van der Waals surface area (Å²) in [5.41, 5.74) is 10.1. The number of aliphatic imine (C=N–C) groups is 1. The molecule has 0 aliphatic heterocycles. The molecule has 0 spiro atoms. The number of nitriles is 1. The molecule has 9 heteroatoms. The Kier molecular flexibility index (Phi) is 7.20. The molecule has 0 aliphatic rings. The zero-order valence-corrected chi connectivity index (χ0v) is 19.6. The van der Waals surface area contributed by atoms with E-state index >= 15 is 0 Å². The molecule has 3 N–H and O–H groups in total. The lowest BCUT2D eigenvalue weighted by atomic mass is 10.1. The normalized spacial score (nSPS) is 11.2. The predicted octanol–water partition coefficient (Wildman–Crippen LogP) is 5.83. The second-order valence-electron chi connectivity index (χ2n) is 6.96. The molecule has 0 atom stereocenters. The van der Waals surface area contributed by atoms with E-state index in [9.17, 15) is 0 Å². The first-order chi connectivity index (χ1) is 16.0. The van der Waals surface area contributed by atoms with Gasteiger partial charge in [-0.3, -0.25) is 4.72 Å². The maximum atomic E-state index is 9.02. The Morgan fingerprint density at radius 1 is 1.03 bits per heavy atom. The Hall–Kier alpha value is -3.44. The van der Waals surface area contributed by atoms with Crippen LogP contribution in [0.2, 0.25) is 10.0 Å². The van der Waals surface area contributed by atoms with Crippen LogP contribution in [0, 0.1) is 11.3 Å². The fourth-order valence-electron chi connectivity index (χ4n) is 3.05. The van der Waals surface area contributed by atoms with Crippen molar-refractivity contribution in [3.63, 3.8) is 0 Å². The van der Waals surface area contributed by atoms with Crippen molar-refractivity contribution in [2.75, 3.05) is 0 Å². The monoisotopic (exact) mass is 492 g/mol. The van der Waals surface area contributed by atoms with Gasteiger partial charge in [0, 0.05) is 20.5 Å². The average molecular weight is 493 g/mol. The number of halogens is 2. The molecule has 4 aromatic rings. The van der Waals surface area contributed by atoms with E-state index in [0.29, 0.717) is 22.2 Å². The number of benzene rings is 3. The van der Waals surface area contributed by atoms with Crippen LogP contribution in [0.4, 0.5) is 0 Å². The molecule has 0 radical (unpaired) electrons. The minimum absolute atomic E-state index is 0.261. The van der Waals surface area contributed by atoms with Gasteiger partial charge in [0.1, 0.15) is 0 Å². The fraction of sp³-hybridized carbons (Fsp3) is 0.0417. The number of rotatable bonds is 6. The van der Waals surface area contributed by atoms with Gasteiger partial charge in [0.15, 0.2) is 5.96 Å². The SMILES string of the molecule is N#Cc1cccc(SNC(N)=NCc2cc(-c3ccc(Cl)cc3)n(-c3ccc(Cl)cc3)n2)c1. The Bertz CT molecular complexity index is 1260. The maximum Gasteiger partial charge on any atom is 0.199 e. The van der Waals surface area contributed by atoms with Gasteiger partial charge in [-0.1, -0.05) is 41.4 Å². The summed E-state index contributed by atoms with van der Waals surface area (Å²) >= 11 is 13.4. The van der Waals surface area contributed by atoms with Crippen molar-refractivity contribution in [1.29, 1.82) is 5.26 Å². The van der Waals surface area contributed by atoms with E-state index in [2.05, 4.69) is 15.8 Å². The van der Waals surface area contributed by atoms with Gasteiger partial charge >= 0.3 is 0 Å². The predicted molar refractivity (Wildman–Crippen MR) is 134 cm³/mol. The van der Waals surface area contributed by atoms with E-state index in [1.54, 1.807) is 12.1 Å². The summed E-state index contributed by atoms with van der Waals surface area (Å²) in [6, 6.07) is 26.3. The molecule has 0 aliphatic carbocycles. The van der Waals surface area contributed by atoms with Crippen molar-refractivity contribution in [2.45, 2.75) is 11.4 Å². The number of nitrogens with zero attached hydrogens (tertiary/aromatic N) is 4. The molecule has 164 valence electrons. The summed E-state index contributed by atoms with van der Waals surface area (Å²) in [4.78, 5) is 5.27. The van der Waals surface area contributed by atoms with Crippen LogP contribution < -0.4 is 10.5 Å². The Morgan fingerprint density at radius 3 is 2.42 bits per heavy atom. The van der Waals surface area contributed by atoms with Crippen molar-refractivity contribution in [1.82, 2.24) is 14.5 Å². The maximum absolute atomic E-state index is 9.02. The van der Waals surface area contributed by atoms with Crippen molar-refractivity contribution >= 4 is 41.1 Å². The summed E-state index contributed by atoms with van der Waals surface area (Å²) in [5, 5.41) is 15.1. The van der Waals surface area contributed by atoms with Crippen LogP contribution in [-0.4, -0.2) is 15.7 Å². The zero-order valence-electron chi connectivity index (χ0n) is 17.2. The Balaban J connectivity index is 1.54. The molecule has 0 amide bonds. The van der Waals surface area contributed by atoms with Crippen molar-refractivity contribution in [3.8, 4) is 23.0 Å². The van der Waals surface area contributed by atoms with E-state index < -0.39 is 0 Å². The summed E-state index contributed by atoms with van der Waals surface area (Å²) in [6.07, 6.45) is 0. The topological polar surface area (TPSA) is 92.0 Å². The van der Waals surface area contributed by atoms with Gasteiger partial charge in [0.05, 0.1) is 35.3 Å². The minimum Gasteiger partial charge on any atom is -0.369 e. The van der Waals surface area contributed by atoms with Gasteiger partial charge in [0.25, 0.3) is 0 Å². The molecular formula is C24H18Cl2N6S. The quantitative estimate of drug-likeness (QED) is 0.200. The molecule has 4 rings (SSSR count). The van der Waals surface area contributed by atoms with Crippen LogP contribution in [0.25, 0.3) is 16.9 Å². The van der Waals surface area contributed by atoms with E-state index in [0.717, 1.165) is 27.5 Å².